The van der Waals surface area contributed by atoms with Crippen LogP contribution in [0.2, 0.25) is 5.02 Å². The topological polar surface area (TPSA) is 23.5 Å². The van der Waals surface area contributed by atoms with Gasteiger partial charge in [-0.3, -0.25) is 4.90 Å². The lowest BCUT2D eigenvalue weighted by molar-refractivity contribution is 0.145. The van der Waals surface area contributed by atoms with Crippen molar-refractivity contribution in [1.82, 2.24) is 4.90 Å². The highest BCUT2D eigenvalue weighted by Crippen LogP contribution is 2.30. The zero-order valence-corrected chi connectivity index (χ0v) is 19.0. The van der Waals surface area contributed by atoms with E-state index in [1.54, 1.807) is 0 Å². The van der Waals surface area contributed by atoms with Gasteiger partial charge in [-0.05, 0) is 60.2 Å². The van der Waals surface area contributed by atoms with Crippen LogP contribution >= 0.6 is 11.6 Å². The third kappa shape index (κ3) is 5.32. The highest BCUT2D eigenvalue weighted by Gasteiger charge is 2.21. The number of rotatable bonds is 6. The lowest BCUT2D eigenvalue weighted by atomic mass is 9.96. The Hall–Kier alpha value is -2.60. The van der Waals surface area contributed by atoms with Crippen molar-refractivity contribution in [3.05, 3.63) is 99.8 Å². The van der Waals surface area contributed by atoms with Gasteiger partial charge in [-0.2, -0.15) is 0 Å². The van der Waals surface area contributed by atoms with Crippen LogP contribution < -0.4 is 0 Å². The predicted octanol–water partition coefficient (Wildman–Crippen LogP) is 6.95. The molecule has 0 saturated carbocycles. The van der Waals surface area contributed by atoms with Gasteiger partial charge in [0.05, 0.1) is 6.10 Å². The fourth-order valence-electron chi connectivity index (χ4n) is 4.14. The first-order valence-electron chi connectivity index (χ1n) is 10.9. The Balaban J connectivity index is 1.34. The van der Waals surface area contributed by atoms with Gasteiger partial charge in [-0.25, -0.2) is 13.2 Å². The van der Waals surface area contributed by atoms with Gasteiger partial charge in [0.25, 0.3) is 0 Å². The molecule has 0 aliphatic carbocycles. The van der Waals surface area contributed by atoms with Crippen LogP contribution in [0.25, 0.3) is 16.7 Å². The second-order valence-corrected chi connectivity index (χ2v) is 8.81. The molecular weight excluding hydrogens is 447 g/mol. The number of hydrogen-bond donors (Lipinski definition) is 1. The van der Waals surface area contributed by atoms with E-state index in [9.17, 15) is 18.3 Å². The van der Waals surface area contributed by atoms with Gasteiger partial charge in [0.1, 0.15) is 5.82 Å². The highest BCUT2D eigenvalue weighted by molar-refractivity contribution is 6.30. The summed E-state index contributed by atoms with van der Waals surface area (Å²) in [5, 5.41) is 11.3. The van der Waals surface area contributed by atoms with Crippen LogP contribution in [0, 0.1) is 24.4 Å². The minimum atomic E-state index is -1.13. The summed E-state index contributed by atoms with van der Waals surface area (Å²) in [5.74, 6) is -2.87. The number of benzene rings is 3. The molecule has 3 aromatic rings. The molecule has 1 heterocycles. The molecule has 4 rings (SSSR count). The standard InChI is InChI=1S/C27H25ClF3NO/c1-17-26(30)23(16-24(29)27(17)31)20-10-13-32(14-11-20)15-12-25(33)21-4-2-18(3-5-21)19-6-8-22(28)9-7-19/h2-10,16,25,33H,11-15H2,1H3. The molecule has 0 radical (unpaired) electrons. The van der Waals surface area contributed by atoms with E-state index in [1.165, 1.54) is 6.92 Å². The van der Waals surface area contributed by atoms with Crippen molar-refractivity contribution < 1.29 is 18.3 Å². The van der Waals surface area contributed by atoms with Gasteiger partial charge in [0, 0.05) is 35.8 Å². The summed E-state index contributed by atoms with van der Waals surface area (Å²) in [7, 11) is 0. The molecule has 0 spiro atoms. The van der Waals surface area contributed by atoms with Crippen LogP contribution in [0.4, 0.5) is 13.2 Å². The Kier molecular flexibility index (Phi) is 7.23. The Morgan fingerprint density at radius 3 is 2.21 bits per heavy atom. The fraction of sp³-hybridized carbons (Fsp3) is 0.259. The van der Waals surface area contributed by atoms with Gasteiger partial charge >= 0.3 is 0 Å². The van der Waals surface area contributed by atoms with Crippen molar-refractivity contribution >= 4 is 17.2 Å². The van der Waals surface area contributed by atoms with Crippen molar-refractivity contribution in [2.45, 2.75) is 25.9 Å². The van der Waals surface area contributed by atoms with Crippen molar-refractivity contribution in [3.8, 4) is 11.1 Å². The molecule has 33 heavy (non-hydrogen) atoms. The zero-order chi connectivity index (χ0) is 23.5. The Bertz CT molecular complexity index is 1160. The molecule has 1 N–H and O–H groups in total. The summed E-state index contributed by atoms with van der Waals surface area (Å²) in [6.07, 6.45) is 2.35. The van der Waals surface area contributed by atoms with Gasteiger partial charge in [-0.15, -0.1) is 0 Å². The van der Waals surface area contributed by atoms with Crippen molar-refractivity contribution in [1.29, 1.82) is 0 Å². The summed E-state index contributed by atoms with van der Waals surface area (Å²) < 4.78 is 41.7. The molecule has 2 nitrogen and oxygen atoms in total. The molecule has 172 valence electrons. The lowest BCUT2D eigenvalue weighted by Gasteiger charge is -2.27. The fourth-order valence-corrected chi connectivity index (χ4v) is 4.26. The minimum absolute atomic E-state index is 0.131. The van der Waals surface area contributed by atoms with E-state index in [4.69, 9.17) is 11.6 Å². The third-order valence-electron chi connectivity index (χ3n) is 6.21. The zero-order valence-electron chi connectivity index (χ0n) is 18.3. The van der Waals surface area contributed by atoms with Crippen LogP contribution in [0.1, 0.15) is 35.6 Å². The van der Waals surface area contributed by atoms with Crippen LogP contribution in [0.15, 0.2) is 60.7 Å². The van der Waals surface area contributed by atoms with Crippen LogP contribution in [-0.2, 0) is 0 Å². The van der Waals surface area contributed by atoms with E-state index >= 15 is 0 Å². The highest BCUT2D eigenvalue weighted by atomic mass is 35.5. The molecule has 0 fully saturated rings. The quantitative estimate of drug-likeness (QED) is 0.393. The molecule has 6 heteroatoms. The van der Waals surface area contributed by atoms with Crippen molar-refractivity contribution in [2.24, 2.45) is 0 Å². The summed E-state index contributed by atoms with van der Waals surface area (Å²) in [6.45, 7) is 3.14. The Morgan fingerprint density at radius 1 is 0.970 bits per heavy atom. The molecule has 0 saturated heterocycles. The van der Waals surface area contributed by atoms with E-state index in [2.05, 4.69) is 4.90 Å². The molecule has 0 amide bonds. The van der Waals surface area contributed by atoms with Crippen LogP contribution in [0.3, 0.4) is 0 Å². The smallest absolute Gasteiger partial charge is 0.164 e. The number of aliphatic hydroxyl groups excluding tert-OH is 1. The molecule has 1 aliphatic heterocycles. The molecule has 0 aromatic heterocycles. The molecule has 1 unspecified atom stereocenters. The maximum absolute atomic E-state index is 14.4. The summed E-state index contributed by atoms with van der Waals surface area (Å²) in [5.41, 5.74) is 3.48. The molecular formula is C27H25ClF3NO. The monoisotopic (exact) mass is 471 g/mol. The third-order valence-corrected chi connectivity index (χ3v) is 6.46. The molecule has 1 aliphatic rings. The number of hydrogen-bond acceptors (Lipinski definition) is 2. The van der Waals surface area contributed by atoms with E-state index in [1.807, 2.05) is 54.6 Å². The largest absolute Gasteiger partial charge is 0.388 e. The Morgan fingerprint density at radius 2 is 1.61 bits per heavy atom. The predicted molar refractivity (Wildman–Crippen MR) is 127 cm³/mol. The van der Waals surface area contributed by atoms with E-state index in [-0.39, 0.29) is 11.1 Å². The first kappa shape index (κ1) is 23.6. The average Bonchev–Trinajstić information content (AvgIpc) is 2.84. The first-order valence-corrected chi connectivity index (χ1v) is 11.3. The Labute approximate surface area is 196 Å². The number of halogens is 4. The number of aliphatic hydroxyl groups is 1. The summed E-state index contributed by atoms with van der Waals surface area (Å²) in [6, 6.07) is 16.4. The van der Waals surface area contributed by atoms with E-state index in [0.717, 1.165) is 22.8 Å². The van der Waals surface area contributed by atoms with Gasteiger partial charge in [-0.1, -0.05) is 54.1 Å². The van der Waals surface area contributed by atoms with E-state index in [0.29, 0.717) is 43.1 Å². The maximum Gasteiger partial charge on any atom is 0.164 e. The summed E-state index contributed by atoms with van der Waals surface area (Å²) >= 11 is 5.94. The van der Waals surface area contributed by atoms with Gasteiger partial charge in [0.2, 0.25) is 0 Å². The SMILES string of the molecule is Cc1c(F)c(F)cc(C2=CCN(CCC(O)c3ccc(-c4ccc(Cl)cc4)cc3)CC2)c1F. The van der Waals surface area contributed by atoms with Crippen LogP contribution in [-0.4, -0.2) is 29.6 Å². The molecule has 0 bridgehead atoms. The lowest BCUT2D eigenvalue weighted by Crippen LogP contribution is -2.30. The molecule has 3 aromatic carbocycles. The molecule has 1 atom stereocenters. The van der Waals surface area contributed by atoms with Gasteiger partial charge < -0.3 is 5.11 Å². The van der Waals surface area contributed by atoms with Crippen molar-refractivity contribution in [2.75, 3.05) is 19.6 Å². The second kappa shape index (κ2) is 10.1. The summed E-state index contributed by atoms with van der Waals surface area (Å²) in [4.78, 5) is 2.15. The van der Waals surface area contributed by atoms with E-state index < -0.39 is 23.6 Å². The second-order valence-electron chi connectivity index (χ2n) is 8.37. The number of nitrogens with zero attached hydrogens (tertiary/aromatic N) is 1. The average molecular weight is 472 g/mol. The first-order chi connectivity index (χ1) is 15.8. The van der Waals surface area contributed by atoms with Crippen molar-refractivity contribution in [3.63, 3.8) is 0 Å². The minimum Gasteiger partial charge on any atom is -0.388 e. The van der Waals surface area contributed by atoms with Gasteiger partial charge in [0.15, 0.2) is 11.6 Å². The van der Waals surface area contributed by atoms with Crippen LogP contribution in [0.5, 0.6) is 0 Å². The maximum atomic E-state index is 14.4. The normalized spacial score (nSPS) is 15.4.